The van der Waals surface area contributed by atoms with E-state index >= 15 is 0 Å². The SMILES string of the molecule is CC1CCCN(c2ccccc2C(C)O)CC1. The van der Waals surface area contributed by atoms with E-state index in [-0.39, 0.29) is 6.10 Å². The van der Waals surface area contributed by atoms with Crippen molar-refractivity contribution in [3.8, 4) is 0 Å². The third kappa shape index (κ3) is 3.01. The van der Waals surface area contributed by atoms with Crippen molar-refractivity contribution in [1.82, 2.24) is 0 Å². The van der Waals surface area contributed by atoms with Crippen LogP contribution >= 0.6 is 0 Å². The molecule has 17 heavy (non-hydrogen) atoms. The summed E-state index contributed by atoms with van der Waals surface area (Å²) in [5.74, 6) is 0.832. The number of benzene rings is 1. The zero-order valence-corrected chi connectivity index (χ0v) is 10.9. The second-order valence-electron chi connectivity index (χ2n) is 5.26. The molecule has 0 aliphatic carbocycles. The lowest BCUT2D eigenvalue weighted by molar-refractivity contribution is 0.199. The molecule has 1 heterocycles. The van der Waals surface area contributed by atoms with Crippen LogP contribution < -0.4 is 4.90 Å². The molecular formula is C15H23NO. The topological polar surface area (TPSA) is 23.5 Å². The largest absolute Gasteiger partial charge is 0.389 e. The van der Waals surface area contributed by atoms with Gasteiger partial charge in [0.2, 0.25) is 0 Å². The Balaban J connectivity index is 2.21. The second kappa shape index (κ2) is 5.54. The Labute approximate surface area is 104 Å². The van der Waals surface area contributed by atoms with E-state index in [0.29, 0.717) is 0 Å². The van der Waals surface area contributed by atoms with Gasteiger partial charge in [-0.2, -0.15) is 0 Å². The van der Waals surface area contributed by atoms with Gasteiger partial charge in [0.15, 0.2) is 0 Å². The minimum Gasteiger partial charge on any atom is -0.389 e. The zero-order valence-electron chi connectivity index (χ0n) is 10.9. The summed E-state index contributed by atoms with van der Waals surface area (Å²) in [4.78, 5) is 2.44. The van der Waals surface area contributed by atoms with Gasteiger partial charge in [-0.05, 0) is 38.2 Å². The predicted molar refractivity (Wildman–Crippen MR) is 72.3 cm³/mol. The van der Waals surface area contributed by atoms with Crippen LogP contribution in [0.5, 0.6) is 0 Å². The van der Waals surface area contributed by atoms with Gasteiger partial charge in [-0.25, -0.2) is 0 Å². The fourth-order valence-corrected chi connectivity index (χ4v) is 2.63. The fourth-order valence-electron chi connectivity index (χ4n) is 2.63. The van der Waals surface area contributed by atoms with Crippen LogP contribution in [0, 0.1) is 5.92 Å². The Morgan fingerprint density at radius 1 is 1.24 bits per heavy atom. The van der Waals surface area contributed by atoms with Crippen molar-refractivity contribution < 1.29 is 5.11 Å². The van der Waals surface area contributed by atoms with Gasteiger partial charge < -0.3 is 10.0 Å². The maximum absolute atomic E-state index is 9.83. The van der Waals surface area contributed by atoms with Crippen molar-refractivity contribution in [2.45, 2.75) is 39.2 Å². The van der Waals surface area contributed by atoms with Crippen LogP contribution in [-0.2, 0) is 0 Å². The Morgan fingerprint density at radius 3 is 2.76 bits per heavy atom. The number of aliphatic hydroxyl groups is 1. The predicted octanol–water partition coefficient (Wildman–Crippen LogP) is 3.37. The van der Waals surface area contributed by atoms with Gasteiger partial charge >= 0.3 is 0 Å². The molecule has 0 aromatic heterocycles. The highest BCUT2D eigenvalue weighted by atomic mass is 16.3. The summed E-state index contributed by atoms with van der Waals surface area (Å²) < 4.78 is 0. The van der Waals surface area contributed by atoms with E-state index in [1.165, 1.54) is 24.9 Å². The number of aliphatic hydroxyl groups excluding tert-OH is 1. The molecule has 1 aliphatic rings. The first kappa shape index (κ1) is 12.4. The number of hydrogen-bond acceptors (Lipinski definition) is 2. The van der Waals surface area contributed by atoms with E-state index in [4.69, 9.17) is 0 Å². The molecule has 0 radical (unpaired) electrons. The van der Waals surface area contributed by atoms with Crippen molar-refractivity contribution in [3.05, 3.63) is 29.8 Å². The maximum Gasteiger partial charge on any atom is 0.0781 e. The summed E-state index contributed by atoms with van der Waals surface area (Å²) >= 11 is 0. The standard InChI is InChI=1S/C15H23NO/c1-12-6-5-10-16(11-9-12)15-8-4-3-7-14(15)13(2)17/h3-4,7-8,12-13,17H,5-6,9-11H2,1-2H3. The first-order valence-corrected chi connectivity index (χ1v) is 6.70. The Kier molecular flexibility index (Phi) is 4.06. The van der Waals surface area contributed by atoms with Gasteiger partial charge in [0, 0.05) is 24.3 Å². The van der Waals surface area contributed by atoms with Gasteiger partial charge in [-0.15, -0.1) is 0 Å². The Hall–Kier alpha value is -1.02. The third-order valence-electron chi connectivity index (χ3n) is 3.74. The van der Waals surface area contributed by atoms with E-state index in [2.05, 4.69) is 24.0 Å². The van der Waals surface area contributed by atoms with E-state index in [1.54, 1.807) is 0 Å². The zero-order chi connectivity index (χ0) is 12.3. The van der Waals surface area contributed by atoms with E-state index in [9.17, 15) is 5.11 Å². The maximum atomic E-state index is 9.83. The summed E-state index contributed by atoms with van der Waals surface area (Å²) in [5.41, 5.74) is 2.28. The van der Waals surface area contributed by atoms with Crippen LogP contribution in [0.4, 0.5) is 5.69 Å². The van der Waals surface area contributed by atoms with Crippen molar-refractivity contribution >= 4 is 5.69 Å². The lowest BCUT2D eigenvalue weighted by Crippen LogP contribution is -2.25. The van der Waals surface area contributed by atoms with Crippen LogP contribution in [0.1, 0.15) is 44.8 Å². The van der Waals surface area contributed by atoms with E-state index in [0.717, 1.165) is 24.6 Å². The van der Waals surface area contributed by atoms with E-state index < -0.39 is 0 Å². The number of nitrogens with zero attached hydrogens (tertiary/aromatic N) is 1. The molecule has 2 unspecified atom stereocenters. The third-order valence-corrected chi connectivity index (χ3v) is 3.74. The molecule has 1 fully saturated rings. The number of anilines is 1. The summed E-state index contributed by atoms with van der Waals surface area (Å²) in [6.45, 7) is 6.42. The lowest BCUT2D eigenvalue weighted by Gasteiger charge is -2.26. The summed E-state index contributed by atoms with van der Waals surface area (Å²) in [5, 5.41) is 9.83. The molecule has 2 heteroatoms. The van der Waals surface area contributed by atoms with Crippen molar-refractivity contribution in [2.75, 3.05) is 18.0 Å². The first-order valence-electron chi connectivity index (χ1n) is 6.70. The van der Waals surface area contributed by atoms with Gasteiger partial charge in [0.05, 0.1) is 6.10 Å². The molecule has 0 bridgehead atoms. The van der Waals surface area contributed by atoms with E-state index in [1.807, 2.05) is 19.1 Å². The molecule has 0 saturated carbocycles. The van der Waals surface area contributed by atoms with Crippen LogP contribution in [0.2, 0.25) is 0 Å². The highest BCUT2D eigenvalue weighted by Gasteiger charge is 2.17. The smallest absolute Gasteiger partial charge is 0.0781 e. The molecule has 1 aliphatic heterocycles. The first-order chi connectivity index (χ1) is 8.18. The van der Waals surface area contributed by atoms with Crippen LogP contribution in [-0.4, -0.2) is 18.2 Å². The highest BCUT2D eigenvalue weighted by molar-refractivity contribution is 5.54. The fraction of sp³-hybridized carbons (Fsp3) is 0.600. The van der Waals surface area contributed by atoms with Crippen molar-refractivity contribution in [1.29, 1.82) is 0 Å². The Bertz CT molecular complexity index is 362. The minimum absolute atomic E-state index is 0.383. The van der Waals surface area contributed by atoms with Crippen LogP contribution in [0.25, 0.3) is 0 Å². The molecule has 2 nitrogen and oxygen atoms in total. The average Bonchev–Trinajstić information content (AvgIpc) is 2.54. The second-order valence-corrected chi connectivity index (χ2v) is 5.26. The number of para-hydroxylation sites is 1. The molecule has 94 valence electrons. The van der Waals surface area contributed by atoms with Gasteiger partial charge in [-0.1, -0.05) is 25.1 Å². The van der Waals surface area contributed by atoms with Crippen molar-refractivity contribution in [3.63, 3.8) is 0 Å². The van der Waals surface area contributed by atoms with Gasteiger partial charge in [-0.3, -0.25) is 0 Å². The molecular weight excluding hydrogens is 210 g/mol. The van der Waals surface area contributed by atoms with Gasteiger partial charge in [0.1, 0.15) is 0 Å². The molecule has 2 rings (SSSR count). The number of rotatable bonds is 2. The summed E-state index contributed by atoms with van der Waals surface area (Å²) in [6.07, 6.45) is 3.46. The molecule has 1 aromatic rings. The number of hydrogen-bond donors (Lipinski definition) is 1. The highest BCUT2D eigenvalue weighted by Crippen LogP contribution is 2.29. The van der Waals surface area contributed by atoms with Crippen LogP contribution in [0.3, 0.4) is 0 Å². The monoisotopic (exact) mass is 233 g/mol. The van der Waals surface area contributed by atoms with Crippen molar-refractivity contribution in [2.24, 2.45) is 5.92 Å². The molecule has 1 aromatic carbocycles. The van der Waals surface area contributed by atoms with Gasteiger partial charge in [0.25, 0.3) is 0 Å². The molecule has 1 N–H and O–H groups in total. The summed E-state index contributed by atoms with van der Waals surface area (Å²) in [7, 11) is 0. The quantitative estimate of drug-likeness (QED) is 0.846. The normalized spacial score (nSPS) is 23.2. The molecule has 0 amide bonds. The molecule has 0 spiro atoms. The molecule has 2 atom stereocenters. The van der Waals surface area contributed by atoms with Crippen LogP contribution in [0.15, 0.2) is 24.3 Å². The average molecular weight is 233 g/mol. The minimum atomic E-state index is -0.383. The Morgan fingerprint density at radius 2 is 2.00 bits per heavy atom. The lowest BCUT2D eigenvalue weighted by atomic mass is 10.0. The summed E-state index contributed by atoms with van der Waals surface area (Å²) in [6, 6.07) is 8.24. The molecule has 1 saturated heterocycles.